The van der Waals surface area contributed by atoms with E-state index in [1.165, 1.54) is 0 Å². The zero-order valence-corrected chi connectivity index (χ0v) is 11.8. The minimum absolute atomic E-state index is 0.0562. The first-order valence-corrected chi connectivity index (χ1v) is 6.97. The van der Waals surface area contributed by atoms with E-state index in [-0.39, 0.29) is 17.0 Å². The van der Waals surface area contributed by atoms with Gasteiger partial charge in [-0.1, -0.05) is 30.7 Å². The predicted octanol–water partition coefficient (Wildman–Crippen LogP) is 2.08. The van der Waals surface area contributed by atoms with Gasteiger partial charge in [0, 0.05) is 6.54 Å². The van der Waals surface area contributed by atoms with Gasteiger partial charge in [0.15, 0.2) is 11.0 Å². The number of anilines is 1. The van der Waals surface area contributed by atoms with E-state index in [4.69, 9.17) is 11.6 Å². The van der Waals surface area contributed by atoms with E-state index >= 15 is 0 Å². The Bertz CT molecular complexity index is 661. The lowest BCUT2D eigenvalue weighted by Gasteiger charge is -2.14. The number of hydrogen-bond acceptors (Lipinski definition) is 4. The monoisotopic (exact) mass is 290 g/mol. The second kappa shape index (κ2) is 5.34. The average Bonchev–Trinajstić information content (AvgIpc) is 2.86. The Morgan fingerprint density at radius 3 is 2.65 bits per heavy atom. The molecule has 104 valence electrons. The van der Waals surface area contributed by atoms with Gasteiger partial charge >= 0.3 is 0 Å². The number of nitrogens with one attached hydrogen (secondary N) is 2. The molecule has 0 spiro atoms. The standard InChI is InChI=1S/C14H15ClN4O/c1-8-6-16-7-9(8)14(20)19-13-12(15)17-10-4-2-3-5-11(10)18-13/h2-5,8-9,16H,6-7H2,1H3,(H,18,19,20)/t8-,9-/m1/s1. The Labute approximate surface area is 121 Å². The predicted molar refractivity (Wildman–Crippen MR) is 78.7 cm³/mol. The molecule has 0 saturated carbocycles. The highest BCUT2D eigenvalue weighted by Gasteiger charge is 2.30. The molecule has 2 N–H and O–H groups in total. The summed E-state index contributed by atoms with van der Waals surface area (Å²) >= 11 is 6.09. The molecule has 1 aromatic carbocycles. The highest BCUT2D eigenvalue weighted by Crippen LogP contribution is 2.23. The van der Waals surface area contributed by atoms with E-state index < -0.39 is 0 Å². The first-order valence-electron chi connectivity index (χ1n) is 6.59. The molecule has 1 amide bonds. The lowest BCUT2D eigenvalue weighted by Crippen LogP contribution is -2.28. The Kier molecular flexibility index (Phi) is 3.54. The summed E-state index contributed by atoms with van der Waals surface area (Å²) in [5.74, 6) is 0.518. The van der Waals surface area contributed by atoms with Gasteiger partial charge in [-0.25, -0.2) is 9.97 Å². The average molecular weight is 291 g/mol. The molecule has 1 aliphatic heterocycles. The fourth-order valence-corrected chi connectivity index (χ4v) is 2.61. The Morgan fingerprint density at radius 2 is 2.00 bits per heavy atom. The SMILES string of the molecule is C[C@@H]1CNC[C@H]1C(=O)Nc1nc2ccccc2nc1Cl. The van der Waals surface area contributed by atoms with Crippen LogP contribution in [0.1, 0.15) is 6.92 Å². The van der Waals surface area contributed by atoms with Gasteiger partial charge in [-0.05, 0) is 24.6 Å². The number of para-hydroxylation sites is 2. The minimum Gasteiger partial charge on any atom is -0.316 e. The molecular formula is C14H15ClN4O. The second-order valence-corrected chi connectivity index (χ2v) is 5.44. The van der Waals surface area contributed by atoms with Crippen LogP contribution in [0.4, 0.5) is 5.82 Å². The maximum absolute atomic E-state index is 12.2. The maximum atomic E-state index is 12.2. The third-order valence-corrected chi connectivity index (χ3v) is 3.89. The number of aromatic nitrogens is 2. The largest absolute Gasteiger partial charge is 0.316 e. The molecule has 2 atom stereocenters. The normalized spacial score (nSPS) is 22.1. The summed E-state index contributed by atoms with van der Waals surface area (Å²) in [7, 11) is 0. The van der Waals surface area contributed by atoms with Crippen LogP contribution in [-0.4, -0.2) is 29.0 Å². The molecule has 1 aromatic heterocycles. The van der Waals surface area contributed by atoms with E-state index in [9.17, 15) is 4.79 Å². The number of hydrogen-bond donors (Lipinski definition) is 2. The van der Waals surface area contributed by atoms with Crippen LogP contribution in [0, 0.1) is 11.8 Å². The van der Waals surface area contributed by atoms with Gasteiger partial charge in [0.25, 0.3) is 0 Å². The number of amides is 1. The van der Waals surface area contributed by atoms with Crippen LogP contribution in [-0.2, 0) is 4.79 Å². The third-order valence-electron chi connectivity index (χ3n) is 3.62. The first kappa shape index (κ1) is 13.3. The first-order chi connectivity index (χ1) is 9.65. The Morgan fingerprint density at radius 1 is 1.30 bits per heavy atom. The van der Waals surface area contributed by atoms with E-state index in [1.54, 1.807) is 0 Å². The Hall–Kier alpha value is -1.72. The molecule has 1 fully saturated rings. The minimum atomic E-state index is -0.0611. The zero-order chi connectivity index (χ0) is 14.1. The molecule has 2 heterocycles. The molecule has 20 heavy (non-hydrogen) atoms. The van der Waals surface area contributed by atoms with Gasteiger partial charge in [0.05, 0.1) is 17.0 Å². The van der Waals surface area contributed by atoms with Gasteiger partial charge in [0.2, 0.25) is 5.91 Å². The lowest BCUT2D eigenvalue weighted by atomic mass is 9.97. The van der Waals surface area contributed by atoms with Gasteiger partial charge in [0.1, 0.15) is 0 Å². The summed E-state index contributed by atoms with van der Waals surface area (Å²) in [6.45, 7) is 3.60. The van der Waals surface area contributed by atoms with Crippen LogP contribution >= 0.6 is 11.6 Å². The van der Waals surface area contributed by atoms with E-state index in [1.807, 2.05) is 24.3 Å². The van der Waals surface area contributed by atoms with Crippen molar-refractivity contribution in [1.82, 2.24) is 15.3 Å². The number of halogens is 1. The number of carbonyl (C=O) groups is 1. The number of carbonyl (C=O) groups excluding carboxylic acids is 1. The summed E-state index contributed by atoms with van der Waals surface area (Å²) in [4.78, 5) is 20.8. The van der Waals surface area contributed by atoms with E-state index in [2.05, 4.69) is 27.5 Å². The molecule has 0 bridgehead atoms. The van der Waals surface area contributed by atoms with Crippen molar-refractivity contribution in [3.05, 3.63) is 29.4 Å². The lowest BCUT2D eigenvalue weighted by molar-refractivity contribution is -0.120. The van der Waals surface area contributed by atoms with Crippen LogP contribution in [0.15, 0.2) is 24.3 Å². The summed E-state index contributed by atoms with van der Waals surface area (Å²) in [5.41, 5.74) is 1.43. The molecule has 1 aliphatic rings. The van der Waals surface area contributed by atoms with Gasteiger partial charge in [-0.2, -0.15) is 0 Å². The van der Waals surface area contributed by atoms with Crippen molar-refractivity contribution in [3.63, 3.8) is 0 Å². The third kappa shape index (κ3) is 2.46. The summed E-state index contributed by atoms with van der Waals surface area (Å²) in [6, 6.07) is 7.42. The van der Waals surface area contributed by atoms with Gasteiger partial charge in [-0.15, -0.1) is 0 Å². The van der Waals surface area contributed by atoms with Crippen LogP contribution in [0.2, 0.25) is 5.15 Å². The molecule has 2 aromatic rings. The van der Waals surface area contributed by atoms with Gasteiger partial charge in [-0.3, -0.25) is 4.79 Å². The molecule has 6 heteroatoms. The van der Waals surface area contributed by atoms with Crippen molar-refractivity contribution in [2.45, 2.75) is 6.92 Å². The van der Waals surface area contributed by atoms with Crippen LogP contribution in [0.25, 0.3) is 11.0 Å². The van der Waals surface area contributed by atoms with Crippen molar-refractivity contribution in [1.29, 1.82) is 0 Å². The zero-order valence-electron chi connectivity index (χ0n) is 11.1. The number of fused-ring (bicyclic) bond motifs is 1. The molecule has 5 nitrogen and oxygen atoms in total. The van der Waals surface area contributed by atoms with Crippen molar-refractivity contribution >= 4 is 34.4 Å². The Balaban J connectivity index is 1.86. The second-order valence-electron chi connectivity index (χ2n) is 5.08. The maximum Gasteiger partial charge on any atom is 0.230 e. The molecule has 3 rings (SSSR count). The molecule has 1 saturated heterocycles. The van der Waals surface area contributed by atoms with E-state index in [0.717, 1.165) is 6.54 Å². The highest BCUT2D eigenvalue weighted by atomic mass is 35.5. The van der Waals surface area contributed by atoms with Crippen molar-refractivity contribution in [2.75, 3.05) is 18.4 Å². The van der Waals surface area contributed by atoms with Crippen LogP contribution in [0.3, 0.4) is 0 Å². The fourth-order valence-electron chi connectivity index (χ4n) is 2.43. The number of benzene rings is 1. The van der Waals surface area contributed by atoms with Crippen molar-refractivity contribution in [2.24, 2.45) is 11.8 Å². The quantitative estimate of drug-likeness (QED) is 0.889. The molecule has 0 radical (unpaired) electrons. The highest BCUT2D eigenvalue weighted by molar-refractivity contribution is 6.32. The van der Waals surface area contributed by atoms with Gasteiger partial charge < -0.3 is 10.6 Å². The summed E-state index contributed by atoms with van der Waals surface area (Å²) < 4.78 is 0. The summed E-state index contributed by atoms with van der Waals surface area (Å²) in [6.07, 6.45) is 0. The molecule has 0 aliphatic carbocycles. The van der Waals surface area contributed by atoms with Crippen molar-refractivity contribution < 1.29 is 4.79 Å². The van der Waals surface area contributed by atoms with E-state index in [0.29, 0.717) is 29.3 Å². The fraction of sp³-hybridized carbons (Fsp3) is 0.357. The van der Waals surface area contributed by atoms with Crippen LogP contribution in [0.5, 0.6) is 0 Å². The topological polar surface area (TPSA) is 66.9 Å². The number of rotatable bonds is 2. The smallest absolute Gasteiger partial charge is 0.230 e. The molecular weight excluding hydrogens is 276 g/mol. The van der Waals surface area contributed by atoms with Crippen molar-refractivity contribution in [3.8, 4) is 0 Å². The number of nitrogens with zero attached hydrogens (tertiary/aromatic N) is 2. The molecule has 0 unspecified atom stereocenters. The summed E-state index contributed by atoms with van der Waals surface area (Å²) in [5, 5.41) is 6.21. The van der Waals surface area contributed by atoms with Crippen LogP contribution < -0.4 is 10.6 Å².